The van der Waals surface area contributed by atoms with Gasteiger partial charge < -0.3 is 15.0 Å². The number of carbonyl (C=O) groups is 2. The number of amides is 1. The van der Waals surface area contributed by atoms with Gasteiger partial charge in [0, 0.05) is 19.9 Å². The third-order valence-electron chi connectivity index (χ3n) is 5.02. The van der Waals surface area contributed by atoms with Crippen molar-refractivity contribution in [2.45, 2.75) is 104 Å². The zero-order valence-electron chi connectivity index (χ0n) is 18.9. The van der Waals surface area contributed by atoms with Crippen molar-refractivity contribution in [1.29, 1.82) is 0 Å². The van der Waals surface area contributed by atoms with E-state index in [2.05, 4.69) is 24.2 Å². The van der Waals surface area contributed by atoms with Crippen LogP contribution in [0.1, 0.15) is 104 Å². The van der Waals surface area contributed by atoms with Crippen LogP contribution in [0.5, 0.6) is 0 Å². The van der Waals surface area contributed by atoms with Crippen LogP contribution in [0.3, 0.4) is 0 Å². The number of esters is 1. The number of nitrogens with zero attached hydrogens (tertiary/aromatic N) is 1. The molecule has 28 heavy (non-hydrogen) atoms. The van der Waals surface area contributed by atoms with E-state index in [1.807, 2.05) is 0 Å². The summed E-state index contributed by atoms with van der Waals surface area (Å²) in [6, 6.07) is 0. The van der Waals surface area contributed by atoms with Crippen LogP contribution in [0.25, 0.3) is 0 Å². The molecule has 0 aliphatic rings. The van der Waals surface area contributed by atoms with Crippen molar-refractivity contribution < 1.29 is 14.3 Å². The molecule has 0 saturated carbocycles. The van der Waals surface area contributed by atoms with Crippen LogP contribution in [0.4, 0.5) is 0 Å². The van der Waals surface area contributed by atoms with Crippen molar-refractivity contribution in [2.75, 3.05) is 33.3 Å². The summed E-state index contributed by atoms with van der Waals surface area (Å²) in [6.45, 7) is 7.26. The fourth-order valence-corrected chi connectivity index (χ4v) is 3.22. The number of carbonyl (C=O) groups excluding carboxylic acids is 2. The van der Waals surface area contributed by atoms with Gasteiger partial charge in [0.05, 0.1) is 6.61 Å². The Bertz CT molecular complexity index is 375. The lowest BCUT2D eigenvalue weighted by atomic mass is 10.1. The molecule has 0 spiro atoms. The average molecular weight is 399 g/mol. The lowest BCUT2D eigenvalue weighted by Crippen LogP contribution is -2.27. The Morgan fingerprint density at radius 3 is 2.04 bits per heavy atom. The molecule has 166 valence electrons. The van der Waals surface area contributed by atoms with Crippen LogP contribution in [0.15, 0.2) is 0 Å². The van der Waals surface area contributed by atoms with Crippen LogP contribution in [-0.4, -0.2) is 50.1 Å². The van der Waals surface area contributed by atoms with Crippen LogP contribution >= 0.6 is 0 Å². The lowest BCUT2D eigenvalue weighted by Gasteiger charge is -2.16. The Morgan fingerprint density at radius 1 is 0.786 bits per heavy atom. The SMILES string of the molecule is CCCCCCCCCOC(=O)CCCCCCCN(C)CCCNC(C)=O. The van der Waals surface area contributed by atoms with Crippen molar-refractivity contribution in [3.63, 3.8) is 0 Å². The van der Waals surface area contributed by atoms with Gasteiger partial charge in [0.2, 0.25) is 5.91 Å². The standard InChI is InChI=1S/C23H46N2O3/c1-4-5-6-7-8-12-15-21-28-23(27)17-13-10-9-11-14-19-25(3)20-16-18-24-22(2)26/h4-21H2,1-3H3,(H,24,26). The second kappa shape index (κ2) is 20.6. The molecule has 0 aromatic heterocycles. The maximum atomic E-state index is 11.7. The van der Waals surface area contributed by atoms with Gasteiger partial charge in [-0.05, 0) is 45.8 Å². The Labute approximate surface area is 174 Å². The Hall–Kier alpha value is -1.10. The lowest BCUT2D eigenvalue weighted by molar-refractivity contribution is -0.143. The zero-order chi connectivity index (χ0) is 20.9. The van der Waals surface area contributed by atoms with E-state index >= 15 is 0 Å². The molecule has 0 aromatic carbocycles. The normalized spacial score (nSPS) is 11.0. The number of nitrogens with one attached hydrogen (secondary N) is 1. The number of hydrogen-bond donors (Lipinski definition) is 1. The van der Waals surface area contributed by atoms with Gasteiger partial charge in [0.25, 0.3) is 0 Å². The molecule has 0 radical (unpaired) electrons. The zero-order valence-corrected chi connectivity index (χ0v) is 18.9. The van der Waals surface area contributed by atoms with Gasteiger partial charge in [-0.1, -0.05) is 64.7 Å². The monoisotopic (exact) mass is 398 g/mol. The molecule has 0 saturated heterocycles. The summed E-state index contributed by atoms with van der Waals surface area (Å²) in [5.41, 5.74) is 0. The summed E-state index contributed by atoms with van der Waals surface area (Å²) in [5, 5.41) is 2.83. The minimum atomic E-state index is -0.0233. The minimum Gasteiger partial charge on any atom is -0.466 e. The number of ether oxygens (including phenoxy) is 1. The highest BCUT2D eigenvalue weighted by atomic mass is 16.5. The number of unbranched alkanes of at least 4 members (excludes halogenated alkanes) is 10. The second-order valence-corrected chi connectivity index (χ2v) is 8.00. The molecule has 0 bridgehead atoms. The largest absolute Gasteiger partial charge is 0.466 e. The first-order valence-electron chi connectivity index (χ1n) is 11.6. The minimum absolute atomic E-state index is 0.0233. The van der Waals surface area contributed by atoms with Crippen molar-refractivity contribution in [3.05, 3.63) is 0 Å². The quantitative estimate of drug-likeness (QED) is 0.229. The Morgan fingerprint density at radius 2 is 1.36 bits per heavy atom. The van der Waals surface area contributed by atoms with Crippen LogP contribution in [0.2, 0.25) is 0 Å². The average Bonchev–Trinajstić information content (AvgIpc) is 2.66. The van der Waals surface area contributed by atoms with Gasteiger partial charge in [0.1, 0.15) is 0 Å². The van der Waals surface area contributed by atoms with E-state index in [4.69, 9.17) is 4.74 Å². The van der Waals surface area contributed by atoms with Crippen molar-refractivity contribution in [3.8, 4) is 0 Å². The summed E-state index contributed by atoms with van der Waals surface area (Å²) in [4.78, 5) is 24.8. The first-order valence-corrected chi connectivity index (χ1v) is 11.6. The van der Waals surface area contributed by atoms with Gasteiger partial charge in [-0.3, -0.25) is 9.59 Å². The third-order valence-corrected chi connectivity index (χ3v) is 5.02. The van der Waals surface area contributed by atoms with Crippen molar-refractivity contribution in [2.24, 2.45) is 0 Å². The molecule has 0 fully saturated rings. The molecule has 5 nitrogen and oxygen atoms in total. The molecule has 1 amide bonds. The maximum absolute atomic E-state index is 11.7. The predicted octanol–water partition coefficient (Wildman–Crippen LogP) is 5.08. The van der Waals surface area contributed by atoms with Gasteiger partial charge in [-0.25, -0.2) is 0 Å². The van der Waals surface area contributed by atoms with Crippen molar-refractivity contribution in [1.82, 2.24) is 10.2 Å². The van der Waals surface area contributed by atoms with Crippen LogP contribution < -0.4 is 5.32 Å². The highest BCUT2D eigenvalue weighted by Gasteiger charge is 2.03. The fourth-order valence-electron chi connectivity index (χ4n) is 3.22. The van der Waals surface area contributed by atoms with E-state index in [-0.39, 0.29) is 11.9 Å². The summed E-state index contributed by atoms with van der Waals surface area (Å²) >= 11 is 0. The maximum Gasteiger partial charge on any atom is 0.305 e. The van der Waals surface area contributed by atoms with Gasteiger partial charge in [0.15, 0.2) is 0 Å². The van der Waals surface area contributed by atoms with Crippen LogP contribution in [-0.2, 0) is 14.3 Å². The van der Waals surface area contributed by atoms with Gasteiger partial charge >= 0.3 is 5.97 Å². The van der Waals surface area contributed by atoms with E-state index in [1.54, 1.807) is 6.92 Å². The van der Waals surface area contributed by atoms with E-state index < -0.39 is 0 Å². The molecular formula is C23H46N2O3. The summed E-state index contributed by atoms with van der Waals surface area (Å²) < 4.78 is 5.32. The third kappa shape index (κ3) is 21.2. The van der Waals surface area contributed by atoms with Crippen molar-refractivity contribution >= 4 is 11.9 Å². The molecule has 1 N–H and O–H groups in total. The van der Waals surface area contributed by atoms with Gasteiger partial charge in [-0.2, -0.15) is 0 Å². The molecule has 0 aliphatic carbocycles. The fraction of sp³-hybridized carbons (Fsp3) is 0.913. The molecule has 0 aliphatic heterocycles. The summed E-state index contributed by atoms with van der Waals surface area (Å²) in [5.74, 6) is 0.0224. The molecule has 0 unspecified atom stereocenters. The first-order chi connectivity index (χ1) is 13.6. The van der Waals surface area contributed by atoms with E-state index in [1.165, 1.54) is 57.8 Å². The first kappa shape index (κ1) is 26.9. The molecule has 5 heteroatoms. The van der Waals surface area contributed by atoms with Crippen LogP contribution in [0, 0.1) is 0 Å². The highest BCUT2D eigenvalue weighted by Crippen LogP contribution is 2.09. The smallest absolute Gasteiger partial charge is 0.305 e. The Kier molecular flexibility index (Phi) is 19.8. The van der Waals surface area contributed by atoms with E-state index in [0.717, 1.165) is 45.3 Å². The van der Waals surface area contributed by atoms with E-state index in [0.29, 0.717) is 13.0 Å². The predicted molar refractivity (Wildman–Crippen MR) is 117 cm³/mol. The topological polar surface area (TPSA) is 58.6 Å². The van der Waals surface area contributed by atoms with Gasteiger partial charge in [-0.15, -0.1) is 0 Å². The number of rotatable bonds is 20. The van der Waals surface area contributed by atoms with E-state index in [9.17, 15) is 9.59 Å². The molecule has 0 atom stereocenters. The number of hydrogen-bond acceptors (Lipinski definition) is 4. The molecular weight excluding hydrogens is 352 g/mol. The molecule has 0 heterocycles. The highest BCUT2D eigenvalue weighted by molar-refractivity contribution is 5.72. The Balaban J connectivity index is 3.28. The summed E-state index contributed by atoms with van der Waals surface area (Å²) in [7, 11) is 2.13. The molecule has 0 rings (SSSR count). The summed E-state index contributed by atoms with van der Waals surface area (Å²) in [6.07, 6.45) is 15.9. The second-order valence-electron chi connectivity index (χ2n) is 8.00. The molecule has 0 aromatic rings.